The van der Waals surface area contributed by atoms with Crippen LogP contribution in [0.5, 0.6) is 0 Å². The van der Waals surface area contributed by atoms with Crippen LogP contribution in [-0.4, -0.2) is 4.98 Å². The van der Waals surface area contributed by atoms with Crippen LogP contribution in [0, 0.1) is 0 Å². The maximum absolute atomic E-state index is 5.85. The molecule has 0 aliphatic rings. The summed E-state index contributed by atoms with van der Waals surface area (Å²) in [6.45, 7) is 0. The molecule has 0 spiro atoms. The third-order valence-electron chi connectivity index (χ3n) is 1.40. The van der Waals surface area contributed by atoms with Crippen LogP contribution < -0.4 is 0 Å². The molecule has 0 N–H and O–H groups in total. The van der Waals surface area contributed by atoms with Gasteiger partial charge in [-0.2, -0.15) is 0 Å². The lowest BCUT2D eigenvalue weighted by atomic mass is 10.3. The van der Waals surface area contributed by atoms with E-state index in [1.807, 2.05) is 11.4 Å². The molecule has 0 radical (unpaired) electrons. The van der Waals surface area contributed by atoms with Gasteiger partial charge in [-0.1, -0.05) is 11.6 Å². The van der Waals surface area contributed by atoms with Gasteiger partial charge >= 0.3 is 0 Å². The number of fused-ring (bicyclic) bond motifs is 1. The summed E-state index contributed by atoms with van der Waals surface area (Å²) in [6, 6.07) is 1.97. The molecule has 2 rings (SSSR count). The third kappa shape index (κ3) is 1.17. The molecule has 1 nitrogen and oxygen atoms in total. The van der Waals surface area contributed by atoms with Crippen LogP contribution in [0.4, 0.5) is 0 Å². The van der Waals surface area contributed by atoms with Crippen molar-refractivity contribution in [1.29, 1.82) is 0 Å². The van der Waals surface area contributed by atoms with Crippen LogP contribution in [0.2, 0.25) is 5.15 Å². The Bertz CT molecular complexity index is 362. The first kappa shape index (κ1) is 7.53. The summed E-state index contributed by atoms with van der Waals surface area (Å²) in [5, 5.41) is 3.60. The summed E-state index contributed by atoms with van der Waals surface area (Å²) in [4.78, 5) is 4.00. The number of pyridine rings is 1. The van der Waals surface area contributed by atoms with Crippen molar-refractivity contribution in [2.45, 2.75) is 0 Å². The predicted octanol–water partition coefficient (Wildman–Crippen LogP) is 3.71. The van der Waals surface area contributed by atoms with Gasteiger partial charge in [-0.25, -0.2) is 4.98 Å². The van der Waals surface area contributed by atoms with Crippen molar-refractivity contribution >= 4 is 49.0 Å². The third-order valence-corrected chi connectivity index (χ3v) is 3.51. The van der Waals surface area contributed by atoms with E-state index in [0.29, 0.717) is 5.15 Å². The fraction of sp³-hybridized carbons (Fsp3) is 0. The molecule has 0 amide bonds. The number of aromatic nitrogens is 1. The topological polar surface area (TPSA) is 12.9 Å². The molecule has 0 saturated carbocycles. The zero-order valence-corrected chi connectivity index (χ0v) is 8.50. The molecular weight excluding hydrogens is 246 g/mol. The lowest BCUT2D eigenvalue weighted by Gasteiger charge is -1.93. The Labute approximate surface area is 81.1 Å². The van der Waals surface area contributed by atoms with Crippen molar-refractivity contribution < 1.29 is 0 Å². The number of nitrogens with zero attached hydrogens (tertiary/aromatic N) is 1. The van der Waals surface area contributed by atoms with Crippen LogP contribution >= 0.6 is 38.9 Å². The van der Waals surface area contributed by atoms with E-state index in [9.17, 15) is 0 Å². The zero-order valence-electron chi connectivity index (χ0n) is 5.34. The molecule has 2 aromatic heterocycles. The predicted molar refractivity (Wildman–Crippen MR) is 52.3 cm³/mol. The van der Waals surface area contributed by atoms with E-state index in [0.717, 1.165) is 14.6 Å². The van der Waals surface area contributed by atoms with Gasteiger partial charge in [0.2, 0.25) is 0 Å². The number of hydrogen-bond acceptors (Lipinski definition) is 2. The molecule has 56 valence electrons. The molecule has 4 heteroatoms. The van der Waals surface area contributed by atoms with E-state index in [-0.39, 0.29) is 0 Å². The first-order valence-electron chi connectivity index (χ1n) is 2.96. The summed E-state index contributed by atoms with van der Waals surface area (Å²) >= 11 is 10.9. The summed E-state index contributed by atoms with van der Waals surface area (Å²) < 4.78 is 2.16. The van der Waals surface area contributed by atoms with Gasteiger partial charge < -0.3 is 0 Å². The lowest BCUT2D eigenvalue weighted by Crippen LogP contribution is -1.74. The smallest absolute Gasteiger partial charge is 0.137 e. The molecule has 0 unspecified atom stereocenters. The van der Waals surface area contributed by atoms with Crippen LogP contribution in [-0.2, 0) is 0 Å². The van der Waals surface area contributed by atoms with Crippen LogP contribution in [0.1, 0.15) is 0 Å². The first-order chi connectivity index (χ1) is 5.29. The van der Waals surface area contributed by atoms with Crippen molar-refractivity contribution in [3.8, 4) is 0 Å². The van der Waals surface area contributed by atoms with Crippen molar-refractivity contribution in [2.75, 3.05) is 0 Å². The highest BCUT2D eigenvalue weighted by Crippen LogP contribution is 2.31. The van der Waals surface area contributed by atoms with E-state index in [2.05, 4.69) is 20.9 Å². The largest absolute Gasteiger partial charge is 0.243 e. The molecule has 0 fully saturated rings. The van der Waals surface area contributed by atoms with E-state index in [1.165, 1.54) is 0 Å². The van der Waals surface area contributed by atoms with Gasteiger partial charge in [-0.15, -0.1) is 11.3 Å². The highest BCUT2D eigenvalue weighted by molar-refractivity contribution is 9.10. The Kier molecular flexibility index (Phi) is 1.87. The Morgan fingerprint density at radius 2 is 2.36 bits per heavy atom. The van der Waals surface area contributed by atoms with Crippen molar-refractivity contribution in [1.82, 2.24) is 4.98 Å². The van der Waals surface area contributed by atoms with Gasteiger partial charge in [0.15, 0.2) is 0 Å². The molecule has 2 heterocycles. The minimum atomic E-state index is 0.574. The van der Waals surface area contributed by atoms with Gasteiger partial charge in [-0.05, 0) is 27.4 Å². The second-order valence-corrected chi connectivity index (χ2v) is 4.19. The lowest BCUT2D eigenvalue weighted by molar-refractivity contribution is 1.35. The quantitative estimate of drug-likeness (QED) is 0.648. The average molecular weight is 249 g/mol. The minimum Gasteiger partial charge on any atom is -0.243 e. The van der Waals surface area contributed by atoms with Crippen molar-refractivity contribution in [3.63, 3.8) is 0 Å². The molecule has 0 saturated heterocycles. The highest BCUT2D eigenvalue weighted by Gasteiger charge is 2.03. The van der Waals surface area contributed by atoms with Crippen molar-refractivity contribution in [2.24, 2.45) is 0 Å². The monoisotopic (exact) mass is 247 g/mol. The average Bonchev–Trinajstić information content (AvgIpc) is 2.45. The summed E-state index contributed by atoms with van der Waals surface area (Å²) in [5.41, 5.74) is 0. The molecule has 0 atom stereocenters. The molecule has 0 aliphatic carbocycles. The van der Waals surface area contributed by atoms with Gasteiger partial charge in [0.05, 0.1) is 9.17 Å². The molecule has 2 aromatic rings. The molecule has 0 bridgehead atoms. The highest BCUT2D eigenvalue weighted by atomic mass is 79.9. The standard InChI is InChI=1S/C7H3BrClNS/c8-5-3-10-7(9)4-1-2-11-6(4)5/h1-3H. The summed E-state index contributed by atoms with van der Waals surface area (Å²) in [7, 11) is 0. The second-order valence-electron chi connectivity index (χ2n) is 2.06. The fourth-order valence-electron chi connectivity index (χ4n) is 0.898. The van der Waals surface area contributed by atoms with E-state index in [4.69, 9.17) is 11.6 Å². The van der Waals surface area contributed by atoms with Crippen LogP contribution in [0.3, 0.4) is 0 Å². The van der Waals surface area contributed by atoms with Crippen LogP contribution in [0.25, 0.3) is 10.1 Å². The first-order valence-corrected chi connectivity index (χ1v) is 5.01. The summed E-state index contributed by atoms with van der Waals surface area (Å²) in [6.07, 6.45) is 1.72. The van der Waals surface area contributed by atoms with Gasteiger partial charge in [-0.3, -0.25) is 0 Å². The van der Waals surface area contributed by atoms with E-state index < -0.39 is 0 Å². The number of rotatable bonds is 0. The number of thiophene rings is 1. The maximum atomic E-state index is 5.85. The van der Waals surface area contributed by atoms with Crippen molar-refractivity contribution in [3.05, 3.63) is 27.3 Å². The zero-order chi connectivity index (χ0) is 7.84. The number of halogens is 2. The van der Waals surface area contributed by atoms with E-state index in [1.54, 1.807) is 17.5 Å². The Morgan fingerprint density at radius 3 is 3.09 bits per heavy atom. The fourth-order valence-corrected chi connectivity index (χ4v) is 2.55. The van der Waals surface area contributed by atoms with Gasteiger partial charge in [0, 0.05) is 11.6 Å². The van der Waals surface area contributed by atoms with E-state index >= 15 is 0 Å². The normalized spacial score (nSPS) is 10.7. The molecule has 0 aromatic carbocycles. The molecule has 11 heavy (non-hydrogen) atoms. The SMILES string of the molecule is Clc1ncc(Br)c2sccc12. The minimum absolute atomic E-state index is 0.574. The summed E-state index contributed by atoms with van der Waals surface area (Å²) in [5.74, 6) is 0. The molecule has 0 aliphatic heterocycles. The Balaban J connectivity index is 2.96. The van der Waals surface area contributed by atoms with Gasteiger partial charge in [0.25, 0.3) is 0 Å². The van der Waals surface area contributed by atoms with Gasteiger partial charge in [0.1, 0.15) is 5.15 Å². The Morgan fingerprint density at radius 1 is 1.55 bits per heavy atom. The molecular formula is C7H3BrClNS. The number of hydrogen-bond donors (Lipinski definition) is 0. The van der Waals surface area contributed by atoms with Crippen LogP contribution in [0.15, 0.2) is 22.1 Å². The second kappa shape index (κ2) is 2.73. The maximum Gasteiger partial charge on any atom is 0.137 e. The Hall–Kier alpha value is -0.120.